The highest BCUT2D eigenvalue weighted by atomic mass is 35.5. The van der Waals surface area contributed by atoms with Crippen LogP contribution in [0.4, 0.5) is 5.69 Å². The van der Waals surface area contributed by atoms with Gasteiger partial charge in [-0.2, -0.15) is 0 Å². The van der Waals surface area contributed by atoms with Crippen molar-refractivity contribution < 1.29 is 19.1 Å². The van der Waals surface area contributed by atoms with Gasteiger partial charge in [-0.15, -0.1) is 11.8 Å². The van der Waals surface area contributed by atoms with Crippen molar-refractivity contribution in [1.82, 2.24) is 5.32 Å². The molecule has 0 spiro atoms. The summed E-state index contributed by atoms with van der Waals surface area (Å²) in [7, 11) is 0. The molecule has 150 valence electrons. The Hall–Kier alpha value is -3.29. The van der Waals surface area contributed by atoms with Gasteiger partial charge in [0, 0.05) is 21.7 Å². The molecule has 0 aromatic heterocycles. The summed E-state index contributed by atoms with van der Waals surface area (Å²) in [6.45, 7) is 0. The van der Waals surface area contributed by atoms with Gasteiger partial charge in [0.05, 0.1) is 16.9 Å². The molecule has 3 aromatic rings. The van der Waals surface area contributed by atoms with Gasteiger partial charge in [-0.05, 0) is 54.6 Å². The molecule has 3 amide bonds. The van der Waals surface area contributed by atoms with E-state index in [4.69, 9.17) is 16.3 Å². The van der Waals surface area contributed by atoms with Crippen molar-refractivity contribution in [3.8, 4) is 11.5 Å². The van der Waals surface area contributed by atoms with Crippen molar-refractivity contribution in [2.75, 3.05) is 11.1 Å². The molecule has 4 rings (SSSR count). The second-order valence-corrected chi connectivity index (χ2v) is 7.90. The maximum atomic E-state index is 12.2. The summed E-state index contributed by atoms with van der Waals surface area (Å²) >= 11 is 7.27. The van der Waals surface area contributed by atoms with Crippen LogP contribution in [0, 0.1) is 0 Å². The zero-order valence-corrected chi connectivity index (χ0v) is 17.0. The summed E-state index contributed by atoms with van der Waals surface area (Å²) < 4.78 is 5.79. The van der Waals surface area contributed by atoms with Gasteiger partial charge in [0.15, 0.2) is 0 Å². The van der Waals surface area contributed by atoms with Crippen molar-refractivity contribution in [1.29, 1.82) is 0 Å². The fourth-order valence-corrected chi connectivity index (χ4v) is 3.69. The molecule has 0 unspecified atom stereocenters. The molecule has 0 saturated carbocycles. The quantitative estimate of drug-likeness (QED) is 0.428. The van der Waals surface area contributed by atoms with Crippen LogP contribution in [-0.2, 0) is 4.79 Å². The number of halogens is 1. The molecule has 30 heavy (non-hydrogen) atoms. The average Bonchev–Trinajstić information content (AvgIpc) is 3.01. The first kappa shape index (κ1) is 20.0. The van der Waals surface area contributed by atoms with Crippen molar-refractivity contribution in [2.45, 2.75) is 4.90 Å². The van der Waals surface area contributed by atoms with Gasteiger partial charge < -0.3 is 10.1 Å². The standard InChI is InChI=1S/C22H15ClN2O4S/c23-13-4-7-17(8-5-13)30-12-20(26)24-14-2-1-3-15(10-14)29-16-6-9-18-19(11-16)22(28)25-21(18)27/h1-11H,12H2,(H,24,26)(H,25,27,28). The van der Waals surface area contributed by atoms with Gasteiger partial charge >= 0.3 is 0 Å². The van der Waals surface area contributed by atoms with Crippen LogP contribution in [0.15, 0.2) is 71.6 Å². The molecule has 1 heterocycles. The van der Waals surface area contributed by atoms with Crippen LogP contribution < -0.4 is 15.4 Å². The Morgan fingerprint density at radius 1 is 0.933 bits per heavy atom. The minimum absolute atomic E-state index is 0.153. The highest BCUT2D eigenvalue weighted by molar-refractivity contribution is 8.00. The molecule has 3 aromatic carbocycles. The highest BCUT2D eigenvalue weighted by Gasteiger charge is 2.26. The second-order valence-electron chi connectivity index (χ2n) is 6.41. The fourth-order valence-electron chi connectivity index (χ4n) is 2.86. The van der Waals surface area contributed by atoms with Crippen LogP contribution in [0.25, 0.3) is 0 Å². The number of ether oxygens (including phenoxy) is 1. The maximum absolute atomic E-state index is 12.2. The van der Waals surface area contributed by atoms with E-state index in [2.05, 4.69) is 10.6 Å². The Kier molecular flexibility index (Phi) is 5.74. The Morgan fingerprint density at radius 2 is 1.67 bits per heavy atom. The number of nitrogens with one attached hydrogen (secondary N) is 2. The third-order valence-corrected chi connectivity index (χ3v) is 5.51. The number of hydrogen-bond acceptors (Lipinski definition) is 5. The molecule has 0 bridgehead atoms. The topological polar surface area (TPSA) is 84.5 Å². The van der Waals surface area contributed by atoms with E-state index in [9.17, 15) is 14.4 Å². The van der Waals surface area contributed by atoms with E-state index in [1.807, 2.05) is 12.1 Å². The summed E-state index contributed by atoms with van der Waals surface area (Å²) in [5.41, 5.74) is 1.19. The summed E-state index contributed by atoms with van der Waals surface area (Å²) in [4.78, 5) is 36.6. The molecular weight excluding hydrogens is 424 g/mol. The number of hydrogen-bond donors (Lipinski definition) is 2. The Bertz CT molecular complexity index is 1150. The van der Waals surface area contributed by atoms with Gasteiger partial charge in [0.25, 0.3) is 11.8 Å². The molecule has 8 heteroatoms. The van der Waals surface area contributed by atoms with Gasteiger partial charge in [-0.1, -0.05) is 17.7 Å². The van der Waals surface area contributed by atoms with E-state index in [1.54, 1.807) is 48.5 Å². The van der Waals surface area contributed by atoms with Crippen molar-refractivity contribution >= 4 is 46.8 Å². The number of thioether (sulfide) groups is 1. The average molecular weight is 439 g/mol. The van der Waals surface area contributed by atoms with Crippen LogP contribution in [0.3, 0.4) is 0 Å². The summed E-state index contributed by atoms with van der Waals surface area (Å²) in [6, 6.07) is 18.9. The molecule has 6 nitrogen and oxygen atoms in total. The predicted molar refractivity (Wildman–Crippen MR) is 116 cm³/mol. The van der Waals surface area contributed by atoms with Crippen LogP contribution in [0.2, 0.25) is 5.02 Å². The van der Waals surface area contributed by atoms with Gasteiger partial charge in [-0.25, -0.2) is 0 Å². The van der Waals surface area contributed by atoms with Crippen LogP contribution in [0.1, 0.15) is 20.7 Å². The molecular formula is C22H15ClN2O4S. The Morgan fingerprint density at radius 3 is 2.47 bits per heavy atom. The number of fused-ring (bicyclic) bond motifs is 1. The van der Waals surface area contributed by atoms with Crippen LogP contribution in [-0.4, -0.2) is 23.5 Å². The second kappa shape index (κ2) is 8.61. The molecule has 2 N–H and O–H groups in total. The van der Waals surface area contributed by atoms with Crippen molar-refractivity contribution in [2.24, 2.45) is 0 Å². The third kappa shape index (κ3) is 4.64. The van der Waals surface area contributed by atoms with E-state index < -0.39 is 11.8 Å². The molecule has 1 aliphatic heterocycles. The number of anilines is 1. The third-order valence-electron chi connectivity index (χ3n) is 4.24. The maximum Gasteiger partial charge on any atom is 0.259 e. The molecule has 0 saturated heterocycles. The van der Waals surface area contributed by atoms with Crippen molar-refractivity contribution in [3.05, 3.63) is 82.9 Å². The minimum Gasteiger partial charge on any atom is -0.457 e. The zero-order valence-electron chi connectivity index (χ0n) is 15.5. The van der Waals surface area contributed by atoms with Crippen LogP contribution in [0.5, 0.6) is 11.5 Å². The Labute approximate surface area is 181 Å². The number of carbonyl (C=O) groups excluding carboxylic acids is 3. The first-order valence-electron chi connectivity index (χ1n) is 8.94. The fraction of sp³-hybridized carbons (Fsp3) is 0.0455. The lowest BCUT2D eigenvalue weighted by Gasteiger charge is -2.09. The van der Waals surface area contributed by atoms with Gasteiger partial charge in [0.2, 0.25) is 5.91 Å². The number of carbonyl (C=O) groups is 3. The number of benzene rings is 3. The minimum atomic E-state index is -0.445. The molecule has 1 aliphatic rings. The molecule has 0 radical (unpaired) electrons. The molecule has 0 aliphatic carbocycles. The van der Waals surface area contributed by atoms with Gasteiger partial charge in [0.1, 0.15) is 11.5 Å². The Balaban J connectivity index is 1.39. The molecule has 0 atom stereocenters. The number of amides is 3. The van der Waals surface area contributed by atoms with E-state index in [-0.39, 0.29) is 17.2 Å². The van der Waals surface area contributed by atoms with Crippen LogP contribution >= 0.6 is 23.4 Å². The smallest absolute Gasteiger partial charge is 0.259 e. The number of imide groups is 1. The normalized spacial score (nSPS) is 12.3. The summed E-state index contributed by atoms with van der Waals surface area (Å²) in [6.07, 6.45) is 0. The first-order valence-corrected chi connectivity index (χ1v) is 10.3. The van der Waals surface area contributed by atoms with E-state index in [0.717, 1.165) is 4.90 Å². The summed E-state index contributed by atoms with van der Waals surface area (Å²) in [5.74, 6) is 0.145. The van der Waals surface area contributed by atoms with Gasteiger partial charge in [-0.3, -0.25) is 19.7 Å². The van der Waals surface area contributed by atoms with E-state index >= 15 is 0 Å². The largest absolute Gasteiger partial charge is 0.457 e. The van der Waals surface area contributed by atoms with E-state index in [0.29, 0.717) is 27.8 Å². The molecule has 0 fully saturated rings. The lowest BCUT2D eigenvalue weighted by Crippen LogP contribution is -2.19. The lowest BCUT2D eigenvalue weighted by atomic mass is 10.1. The SMILES string of the molecule is O=C(CSc1ccc(Cl)cc1)Nc1cccc(Oc2ccc3c(c2)C(=O)NC3=O)c1. The summed E-state index contributed by atoms with van der Waals surface area (Å²) in [5, 5.41) is 5.72. The number of rotatable bonds is 6. The monoisotopic (exact) mass is 438 g/mol. The highest BCUT2D eigenvalue weighted by Crippen LogP contribution is 2.28. The predicted octanol–water partition coefficient (Wildman–Crippen LogP) is 4.75. The lowest BCUT2D eigenvalue weighted by molar-refractivity contribution is -0.113. The first-order chi connectivity index (χ1) is 14.5. The zero-order chi connectivity index (χ0) is 21.1. The van der Waals surface area contributed by atoms with Crippen molar-refractivity contribution in [3.63, 3.8) is 0 Å². The van der Waals surface area contributed by atoms with E-state index in [1.165, 1.54) is 17.8 Å².